The van der Waals surface area contributed by atoms with E-state index >= 15 is 0 Å². The molecule has 3 nitrogen and oxygen atoms in total. The molecule has 0 saturated carbocycles. The van der Waals surface area contributed by atoms with Gasteiger partial charge in [-0.2, -0.15) is 0 Å². The van der Waals surface area contributed by atoms with Crippen molar-refractivity contribution in [2.45, 2.75) is 32.0 Å². The number of nitrogen functional groups attached to an aromatic ring is 1. The van der Waals surface area contributed by atoms with Crippen molar-refractivity contribution in [1.29, 1.82) is 0 Å². The number of rotatable bonds is 4. The summed E-state index contributed by atoms with van der Waals surface area (Å²) < 4.78 is 12.2. The molecule has 4 heteroatoms. The van der Waals surface area contributed by atoms with E-state index in [9.17, 15) is 0 Å². The Morgan fingerprint density at radius 1 is 1.41 bits per heavy atom. The minimum atomic E-state index is 0.267. The van der Waals surface area contributed by atoms with Crippen LogP contribution in [0.3, 0.4) is 0 Å². The van der Waals surface area contributed by atoms with Gasteiger partial charge in [0, 0.05) is 16.8 Å². The van der Waals surface area contributed by atoms with Crippen LogP contribution in [0.5, 0.6) is 0 Å². The van der Waals surface area contributed by atoms with Gasteiger partial charge in [-0.25, -0.2) is 0 Å². The van der Waals surface area contributed by atoms with E-state index in [0.717, 1.165) is 28.8 Å². The average Bonchev–Trinajstić information content (AvgIpc) is 2.36. The molecule has 0 radical (unpaired) electrons. The van der Waals surface area contributed by atoms with E-state index in [1.807, 2.05) is 18.2 Å². The van der Waals surface area contributed by atoms with Crippen LogP contribution >= 0.6 is 15.9 Å². The molecule has 1 atom stereocenters. The molecular formula is C13H18BrNO2. The van der Waals surface area contributed by atoms with E-state index in [-0.39, 0.29) is 6.10 Å². The first-order chi connectivity index (χ1) is 8.27. The van der Waals surface area contributed by atoms with Crippen molar-refractivity contribution in [1.82, 2.24) is 0 Å². The average molecular weight is 300 g/mol. The fourth-order valence-corrected chi connectivity index (χ4v) is 2.33. The maximum absolute atomic E-state index is 5.81. The Hall–Kier alpha value is -0.580. The van der Waals surface area contributed by atoms with E-state index < -0.39 is 0 Å². The molecule has 17 heavy (non-hydrogen) atoms. The summed E-state index contributed by atoms with van der Waals surface area (Å²) in [6.45, 7) is 2.11. The first-order valence-electron chi connectivity index (χ1n) is 5.99. The highest BCUT2D eigenvalue weighted by molar-refractivity contribution is 9.10. The Balaban J connectivity index is 1.79. The Kier molecular flexibility index (Phi) is 4.83. The minimum absolute atomic E-state index is 0.267. The lowest BCUT2D eigenvalue weighted by molar-refractivity contribution is -0.0448. The number of hydrogen-bond acceptors (Lipinski definition) is 3. The fourth-order valence-electron chi connectivity index (χ4n) is 1.95. The zero-order chi connectivity index (χ0) is 12.1. The number of ether oxygens (including phenoxy) is 2. The Labute approximate surface area is 110 Å². The van der Waals surface area contributed by atoms with Gasteiger partial charge >= 0.3 is 0 Å². The molecule has 2 rings (SSSR count). The van der Waals surface area contributed by atoms with Crippen LogP contribution in [0.2, 0.25) is 0 Å². The van der Waals surface area contributed by atoms with Gasteiger partial charge in [-0.05, 0) is 46.8 Å². The van der Waals surface area contributed by atoms with Crippen LogP contribution in [0.1, 0.15) is 24.8 Å². The Morgan fingerprint density at radius 2 is 2.29 bits per heavy atom. The van der Waals surface area contributed by atoms with Gasteiger partial charge in [0.25, 0.3) is 0 Å². The summed E-state index contributed by atoms with van der Waals surface area (Å²) in [6, 6.07) is 5.83. The van der Waals surface area contributed by atoms with Gasteiger partial charge in [0.15, 0.2) is 0 Å². The van der Waals surface area contributed by atoms with Crippen molar-refractivity contribution in [2.24, 2.45) is 0 Å². The molecule has 0 bridgehead atoms. The molecule has 2 N–H and O–H groups in total. The summed E-state index contributed by atoms with van der Waals surface area (Å²) in [5.41, 5.74) is 7.64. The summed E-state index contributed by atoms with van der Waals surface area (Å²) in [6.07, 6.45) is 3.80. The standard InChI is InChI=1S/C13H18BrNO2/c14-13-10(4-3-6-12(13)15)8-16-9-11-5-1-2-7-17-11/h3-4,6,11H,1-2,5,7-9,15H2. The molecule has 1 aliphatic heterocycles. The molecular weight excluding hydrogens is 282 g/mol. The highest BCUT2D eigenvalue weighted by Gasteiger charge is 2.14. The van der Waals surface area contributed by atoms with E-state index in [0.29, 0.717) is 13.2 Å². The second-order valence-corrected chi connectivity index (χ2v) is 5.12. The summed E-state index contributed by atoms with van der Waals surface area (Å²) >= 11 is 3.47. The number of nitrogens with two attached hydrogens (primary N) is 1. The molecule has 0 amide bonds. The maximum atomic E-state index is 5.81. The Bertz CT molecular complexity index is 364. The molecule has 0 aliphatic carbocycles. The largest absolute Gasteiger partial charge is 0.398 e. The molecule has 1 saturated heterocycles. The van der Waals surface area contributed by atoms with Crippen molar-refractivity contribution in [3.05, 3.63) is 28.2 Å². The molecule has 1 unspecified atom stereocenters. The van der Waals surface area contributed by atoms with Crippen LogP contribution in [0.25, 0.3) is 0 Å². The quantitative estimate of drug-likeness (QED) is 0.869. The highest BCUT2D eigenvalue weighted by Crippen LogP contribution is 2.24. The number of halogens is 1. The van der Waals surface area contributed by atoms with E-state index in [2.05, 4.69) is 15.9 Å². The molecule has 0 aromatic heterocycles. The second-order valence-electron chi connectivity index (χ2n) is 4.32. The van der Waals surface area contributed by atoms with Gasteiger partial charge in [0.05, 0.1) is 19.3 Å². The van der Waals surface area contributed by atoms with Gasteiger partial charge in [-0.1, -0.05) is 12.1 Å². The lowest BCUT2D eigenvalue weighted by Gasteiger charge is -2.22. The monoisotopic (exact) mass is 299 g/mol. The SMILES string of the molecule is Nc1cccc(COCC2CCCCO2)c1Br. The lowest BCUT2D eigenvalue weighted by atomic mass is 10.1. The zero-order valence-corrected chi connectivity index (χ0v) is 11.4. The van der Waals surface area contributed by atoms with Crippen LogP contribution < -0.4 is 5.73 Å². The number of benzene rings is 1. The fraction of sp³-hybridized carbons (Fsp3) is 0.538. The number of anilines is 1. The van der Waals surface area contributed by atoms with Crippen LogP contribution in [-0.2, 0) is 16.1 Å². The third kappa shape index (κ3) is 3.69. The van der Waals surface area contributed by atoms with E-state index in [1.54, 1.807) is 0 Å². The van der Waals surface area contributed by atoms with E-state index in [1.165, 1.54) is 12.8 Å². The van der Waals surface area contributed by atoms with Crippen molar-refractivity contribution >= 4 is 21.6 Å². The summed E-state index contributed by atoms with van der Waals surface area (Å²) in [5, 5.41) is 0. The predicted molar refractivity (Wildman–Crippen MR) is 71.8 cm³/mol. The van der Waals surface area contributed by atoms with E-state index in [4.69, 9.17) is 15.2 Å². The topological polar surface area (TPSA) is 44.5 Å². The van der Waals surface area contributed by atoms with Crippen molar-refractivity contribution in [2.75, 3.05) is 18.9 Å². The van der Waals surface area contributed by atoms with Gasteiger partial charge in [-0.3, -0.25) is 0 Å². The van der Waals surface area contributed by atoms with Gasteiger partial charge < -0.3 is 15.2 Å². The summed E-state index contributed by atoms with van der Waals surface area (Å²) in [5.74, 6) is 0. The summed E-state index contributed by atoms with van der Waals surface area (Å²) in [7, 11) is 0. The van der Waals surface area contributed by atoms with Crippen LogP contribution in [0, 0.1) is 0 Å². The smallest absolute Gasteiger partial charge is 0.0808 e. The zero-order valence-electron chi connectivity index (χ0n) is 9.82. The second kappa shape index (κ2) is 6.38. The summed E-state index contributed by atoms with van der Waals surface area (Å²) in [4.78, 5) is 0. The van der Waals surface area contributed by atoms with Gasteiger partial charge in [0.2, 0.25) is 0 Å². The van der Waals surface area contributed by atoms with Crippen molar-refractivity contribution in [3.63, 3.8) is 0 Å². The molecule has 1 heterocycles. The molecule has 1 fully saturated rings. The van der Waals surface area contributed by atoms with Gasteiger partial charge in [0.1, 0.15) is 0 Å². The van der Waals surface area contributed by atoms with Crippen LogP contribution in [-0.4, -0.2) is 19.3 Å². The molecule has 1 aromatic carbocycles. The number of hydrogen-bond donors (Lipinski definition) is 1. The lowest BCUT2D eigenvalue weighted by Crippen LogP contribution is -2.24. The maximum Gasteiger partial charge on any atom is 0.0808 e. The molecule has 0 spiro atoms. The molecule has 1 aromatic rings. The third-order valence-electron chi connectivity index (χ3n) is 2.94. The normalized spacial score (nSPS) is 20.4. The Morgan fingerprint density at radius 3 is 3.06 bits per heavy atom. The first kappa shape index (κ1) is 12.9. The predicted octanol–water partition coefficient (Wildman–Crippen LogP) is 3.12. The van der Waals surface area contributed by atoms with Gasteiger partial charge in [-0.15, -0.1) is 0 Å². The first-order valence-corrected chi connectivity index (χ1v) is 6.79. The van der Waals surface area contributed by atoms with Crippen molar-refractivity contribution < 1.29 is 9.47 Å². The highest BCUT2D eigenvalue weighted by atomic mass is 79.9. The molecule has 94 valence electrons. The van der Waals surface area contributed by atoms with Crippen LogP contribution in [0.15, 0.2) is 22.7 Å². The van der Waals surface area contributed by atoms with Crippen LogP contribution in [0.4, 0.5) is 5.69 Å². The molecule has 1 aliphatic rings. The minimum Gasteiger partial charge on any atom is -0.398 e. The van der Waals surface area contributed by atoms with Crippen molar-refractivity contribution in [3.8, 4) is 0 Å². The third-order valence-corrected chi connectivity index (χ3v) is 3.91.